The van der Waals surface area contributed by atoms with E-state index < -0.39 is 0 Å². The summed E-state index contributed by atoms with van der Waals surface area (Å²) in [5.74, 6) is 3.92. The van der Waals surface area contributed by atoms with Crippen molar-refractivity contribution in [2.45, 2.75) is 45.1 Å². The first-order valence-electron chi connectivity index (χ1n) is 9.81. The molecule has 3 heterocycles. The normalized spacial score (nSPS) is 18.8. The van der Waals surface area contributed by atoms with Crippen LogP contribution >= 0.6 is 0 Å². The van der Waals surface area contributed by atoms with Crippen LogP contribution in [0.15, 0.2) is 30.5 Å². The highest BCUT2D eigenvalue weighted by Crippen LogP contribution is 2.24. The van der Waals surface area contributed by atoms with E-state index in [9.17, 15) is 0 Å². The average Bonchev–Trinajstić information content (AvgIpc) is 2.69. The predicted octanol–water partition coefficient (Wildman–Crippen LogP) is 3.25. The summed E-state index contributed by atoms with van der Waals surface area (Å²) in [6, 6.07) is 8.77. The van der Waals surface area contributed by atoms with E-state index in [2.05, 4.69) is 42.2 Å². The van der Waals surface area contributed by atoms with Crippen molar-refractivity contribution in [3.63, 3.8) is 0 Å². The molecule has 0 amide bonds. The molecule has 2 aromatic heterocycles. The second-order valence-corrected chi connectivity index (χ2v) is 7.30. The number of piperazine rings is 1. The fourth-order valence-electron chi connectivity index (χ4n) is 3.95. The van der Waals surface area contributed by atoms with Crippen LogP contribution in [0.3, 0.4) is 0 Å². The lowest BCUT2D eigenvalue weighted by Crippen LogP contribution is -2.47. The van der Waals surface area contributed by atoms with Gasteiger partial charge < -0.3 is 15.1 Å². The third-order valence-electron chi connectivity index (χ3n) is 5.36. The summed E-state index contributed by atoms with van der Waals surface area (Å²) in [4.78, 5) is 18.5. The Hall–Kier alpha value is -2.37. The monoisotopic (exact) mass is 352 g/mol. The summed E-state index contributed by atoms with van der Waals surface area (Å²) in [6.45, 7) is 5.82. The van der Waals surface area contributed by atoms with E-state index in [4.69, 9.17) is 0 Å². The molecule has 138 valence electrons. The molecule has 6 heteroatoms. The van der Waals surface area contributed by atoms with Gasteiger partial charge in [-0.15, -0.1) is 0 Å². The summed E-state index contributed by atoms with van der Waals surface area (Å²) in [5, 5.41) is 3.64. The van der Waals surface area contributed by atoms with Crippen LogP contribution in [-0.2, 0) is 0 Å². The van der Waals surface area contributed by atoms with Gasteiger partial charge in [0.05, 0.1) is 0 Å². The van der Waals surface area contributed by atoms with Gasteiger partial charge in [-0.2, -0.15) is 0 Å². The van der Waals surface area contributed by atoms with Crippen LogP contribution < -0.4 is 15.1 Å². The second kappa shape index (κ2) is 7.89. The molecule has 2 aliphatic rings. The second-order valence-electron chi connectivity index (χ2n) is 7.30. The van der Waals surface area contributed by atoms with E-state index >= 15 is 0 Å². The maximum absolute atomic E-state index is 4.69. The van der Waals surface area contributed by atoms with Crippen LogP contribution in [-0.4, -0.2) is 47.2 Å². The first-order valence-corrected chi connectivity index (χ1v) is 9.81. The summed E-state index contributed by atoms with van der Waals surface area (Å²) in [7, 11) is 0. The highest BCUT2D eigenvalue weighted by Gasteiger charge is 2.20. The van der Waals surface area contributed by atoms with Crippen LogP contribution in [0, 0.1) is 6.92 Å². The molecule has 26 heavy (non-hydrogen) atoms. The van der Waals surface area contributed by atoms with Crippen molar-refractivity contribution in [1.29, 1.82) is 0 Å². The number of nitrogens with one attached hydrogen (secondary N) is 1. The van der Waals surface area contributed by atoms with Crippen molar-refractivity contribution in [3.8, 4) is 0 Å². The number of nitrogens with zero attached hydrogens (tertiary/aromatic N) is 5. The minimum absolute atomic E-state index is 0.562. The first kappa shape index (κ1) is 17.1. The molecule has 1 saturated heterocycles. The minimum Gasteiger partial charge on any atom is -0.367 e. The molecule has 0 spiro atoms. The van der Waals surface area contributed by atoms with Gasteiger partial charge in [0.1, 0.15) is 23.3 Å². The maximum atomic E-state index is 4.69. The van der Waals surface area contributed by atoms with E-state index in [1.165, 1.54) is 32.1 Å². The van der Waals surface area contributed by atoms with Crippen LogP contribution in [0.25, 0.3) is 0 Å². The van der Waals surface area contributed by atoms with Gasteiger partial charge in [0.2, 0.25) is 0 Å². The van der Waals surface area contributed by atoms with E-state index in [1.54, 1.807) is 0 Å². The topological polar surface area (TPSA) is 57.2 Å². The van der Waals surface area contributed by atoms with Crippen molar-refractivity contribution in [2.24, 2.45) is 0 Å². The Balaban J connectivity index is 1.41. The maximum Gasteiger partial charge on any atom is 0.134 e. The van der Waals surface area contributed by atoms with Gasteiger partial charge in [-0.3, -0.25) is 0 Å². The zero-order valence-electron chi connectivity index (χ0n) is 15.6. The number of anilines is 3. The van der Waals surface area contributed by atoms with Crippen molar-refractivity contribution in [2.75, 3.05) is 41.3 Å². The zero-order chi connectivity index (χ0) is 17.8. The van der Waals surface area contributed by atoms with Gasteiger partial charge in [0, 0.05) is 44.5 Å². The molecule has 0 atom stereocenters. The summed E-state index contributed by atoms with van der Waals surface area (Å²) in [5.41, 5.74) is 0. The van der Waals surface area contributed by atoms with E-state index in [-0.39, 0.29) is 0 Å². The van der Waals surface area contributed by atoms with Crippen molar-refractivity contribution in [3.05, 3.63) is 36.3 Å². The van der Waals surface area contributed by atoms with E-state index in [0.717, 1.165) is 49.5 Å². The van der Waals surface area contributed by atoms with Crippen LogP contribution in [0.1, 0.15) is 37.9 Å². The third kappa shape index (κ3) is 4.06. The third-order valence-corrected chi connectivity index (χ3v) is 5.36. The molecule has 4 rings (SSSR count). The molecular formula is C20H28N6. The van der Waals surface area contributed by atoms with Gasteiger partial charge in [-0.05, 0) is 31.9 Å². The summed E-state index contributed by atoms with van der Waals surface area (Å²) in [6.07, 6.45) is 8.38. The Morgan fingerprint density at radius 1 is 0.923 bits per heavy atom. The molecule has 1 N–H and O–H groups in total. The standard InChI is InChI=1S/C20H28N6/c1-16-22-18(24-17-7-3-2-4-8-17)15-20(23-16)26-13-11-25(12-14-26)19-9-5-6-10-21-19/h5-6,9-10,15,17H,2-4,7-8,11-14H2,1H3,(H,22,23,24). The van der Waals surface area contributed by atoms with Crippen molar-refractivity contribution in [1.82, 2.24) is 15.0 Å². The molecule has 1 aliphatic carbocycles. The molecule has 2 aromatic rings. The number of rotatable bonds is 4. The number of aryl methyl sites for hydroxylation is 1. The van der Waals surface area contributed by atoms with Gasteiger partial charge in [-0.1, -0.05) is 25.3 Å². The summed E-state index contributed by atoms with van der Waals surface area (Å²) < 4.78 is 0. The Morgan fingerprint density at radius 3 is 2.35 bits per heavy atom. The summed E-state index contributed by atoms with van der Waals surface area (Å²) >= 11 is 0. The number of pyridine rings is 1. The van der Waals surface area contributed by atoms with Crippen molar-refractivity contribution >= 4 is 17.5 Å². The fourth-order valence-corrected chi connectivity index (χ4v) is 3.95. The Labute approximate surface area is 155 Å². The molecule has 0 bridgehead atoms. The van der Waals surface area contributed by atoms with Crippen LogP contribution in [0.5, 0.6) is 0 Å². The lowest BCUT2D eigenvalue weighted by atomic mass is 9.95. The number of hydrogen-bond acceptors (Lipinski definition) is 6. The average molecular weight is 352 g/mol. The molecule has 2 fully saturated rings. The Kier molecular flexibility index (Phi) is 5.18. The van der Waals surface area contributed by atoms with Gasteiger partial charge in [0.25, 0.3) is 0 Å². The fraction of sp³-hybridized carbons (Fsp3) is 0.550. The Bertz CT molecular complexity index is 705. The SMILES string of the molecule is Cc1nc(NC2CCCCC2)cc(N2CCN(c3ccccn3)CC2)n1. The first-order chi connectivity index (χ1) is 12.8. The van der Waals surface area contributed by atoms with E-state index in [0.29, 0.717) is 6.04 Å². The van der Waals surface area contributed by atoms with Crippen molar-refractivity contribution < 1.29 is 0 Å². The van der Waals surface area contributed by atoms with Gasteiger partial charge in [0.15, 0.2) is 0 Å². The van der Waals surface area contributed by atoms with Crippen LogP contribution in [0.4, 0.5) is 17.5 Å². The molecule has 0 radical (unpaired) electrons. The van der Waals surface area contributed by atoms with Gasteiger partial charge in [-0.25, -0.2) is 15.0 Å². The van der Waals surface area contributed by atoms with Crippen LogP contribution in [0.2, 0.25) is 0 Å². The number of hydrogen-bond donors (Lipinski definition) is 1. The lowest BCUT2D eigenvalue weighted by molar-refractivity contribution is 0.461. The largest absolute Gasteiger partial charge is 0.367 e. The minimum atomic E-state index is 0.562. The molecular weight excluding hydrogens is 324 g/mol. The highest BCUT2D eigenvalue weighted by molar-refractivity contribution is 5.51. The molecule has 0 aromatic carbocycles. The molecule has 0 unspecified atom stereocenters. The predicted molar refractivity (Wildman–Crippen MR) is 106 cm³/mol. The molecule has 1 saturated carbocycles. The molecule has 1 aliphatic heterocycles. The molecule has 6 nitrogen and oxygen atoms in total. The lowest BCUT2D eigenvalue weighted by Gasteiger charge is -2.36. The van der Waals surface area contributed by atoms with E-state index in [1.807, 2.05) is 25.3 Å². The smallest absolute Gasteiger partial charge is 0.134 e. The zero-order valence-corrected chi connectivity index (χ0v) is 15.6. The highest BCUT2D eigenvalue weighted by atomic mass is 15.3. The quantitative estimate of drug-likeness (QED) is 0.911. The van der Waals surface area contributed by atoms with Gasteiger partial charge >= 0.3 is 0 Å². The number of aromatic nitrogens is 3. The Morgan fingerprint density at radius 2 is 1.65 bits per heavy atom.